The van der Waals surface area contributed by atoms with Crippen LogP contribution in [0.3, 0.4) is 0 Å². The summed E-state index contributed by atoms with van der Waals surface area (Å²) in [6.45, 7) is 1.67. The molecule has 0 fully saturated rings. The van der Waals surface area contributed by atoms with Gasteiger partial charge in [0.05, 0.1) is 16.8 Å². The molecule has 1 aromatic heterocycles. The molecular formula is C13H10N2O. The van der Waals surface area contributed by atoms with Crippen LogP contribution in [0.25, 0.3) is 27.6 Å². The first-order valence-corrected chi connectivity index (χ1v) is 5.09. The molecule has 3 aromatic rings. The number of hydrogen-bond acceptors (Lipinski definition) is 3. The van der Waals surface area contributed by atoms with E-state index in [1.54, 1.807) is 6.92 Å². The maximum absolute atomic E-state index is 9.62. The van der Waals surface area contributed by atoms with Gasteiger partial charge in [0.15, 0.2) is 0 Å². The van der Waals surface area contributed by atoms with Gasteiger partial charge in [-0.25, -0.2) is 9.97 Å². The van der Waals surface area contributed by atoms with Crippen LogP contribution in [0.15, 0.2) is 36.7 Å². The monoisotopic (exact) mass is 210 g/mol. The lowest BCUT2D eigenvalue weighted by molar-refractivity contribution is 0.499. The van der Waals surface area contributed by atoms with Crippen molar-refractivity contribution >= 4 is 27.6 Å². The third-order valence-electron chi connectivity index (χ3n) is 2.77. The van der Waals surface area contributed by atoms with Crippen LogP contribution >= 0.6 is 0 Å². The van der Waals surface area contributed by atoms with E-state index >= 15 is 0 Å². The van der Waals surface area contributed by atoms with Crippen molar-refractivity contribution < 1.29 is 5.11 Å². The zero-order chi connectivity index (χ0) is 11.1. The average Bonchev–Trinajstić information content (AvgIpc) is 2.30. The Morgan fingerprint density at radius 3 is 2.81 bits per heavy atom. The summed E-state index contributed by atoms with van der Waals surface area (Å²) in [7, 11) is 0. The Kier molecular flexibility index (Phi) is 1.80. The van der Waals surface area contributed by atoms with Crippen LogP contribution in [0.2, 0.25) is 0 Å². The van der Waals surface area contributed by atoms with Crippen molar-refractivity contribution in [2.75, 3.05) is 0 Å². The van der Waals surface area contributed by atoms with Gasteiger partial charge in [0, 0.05) is 10.6 Å². The highest BCUT2D eigenvalue weighted by atomic mass is 16.3. The molecule has 0 atom stereocenters. The van der Waals surface area contributed by atoms with Gasteiger partial charge in [0.25, 0.3) is 0 Å². The lowest BCUT2D eigenvalue weighted by Crippen LogP contribution is -2.07. The maximum atomic E-state index is 9.62. The molecule has 3 rings (SSSR count). The predicted octanol–water partition coefficient (Wildman–Crippen LogP) is 2.19. The largest absolute Gasteiger partial charge is 0.512 e. The average molecular weight is 210 g/mol. The second kappa shape index (κ2) is 3.17. The van der Waals surface area contributed by atoms with Gasteiger partial charge in [-0.05, 0) is 24.4 Å². The van der Waals surface area contributed by atoms with Gasteiger partial charge in [0.2, 0.25) is 0 Å². The molecule has 1 N–H and O–H groups in total. The molecule has 2 aromatic carbocycles. The molecule has 0 unspecified atom stereocenters. The van der Waals surface area contributed by atoms with Gasteiger partial charge in [-0.2, -0.15) is 0 Å². The first kappa shape index (κ1) is 9.09. The molecule has 0 aliphatic rings. The van der Waals surface area contributed by atoms with Crippen molar-refractivity contribution in [1.29, 1.82) is 0 Å². The lowest BCUT2D eigenvalue weighted by Gasteiger charge is -2.04. The van der Waals surface area contributed by atoms with Gasteiger partial charge in [-0.1, -0.05) is 18.2 Å². The standard InChI is InChI=1S/C13H10N2O/c1-8(16)10-6-5-9-3-2-4-11-12(9)13(10)15-7-14-11/h2-7,16H,1H3. The van der Waals surface area contributed by atoms with Gasteiger partial charge < -0.3 is 5.11 Å². The minimum Gasteiger partial charge on any atom is -0.512 e. The normalized spacial score (nSPS) is 13.3. The third-order valence-corrected chi connectivity index (χ3v) is 2.77. The molecule has 0 saturated carbocycles. The maximum Gasteiger partial charge on any atom is 0.116 e. The molecule has 78 valence electrons. The summed E-state index contributed by atoms with van der Waals surface area (Å²) < 4.78 is 0. The summed E-state index contributed by atoms with van der Waals surface area (Å²) in [5.41, 5.74) is 1.72. The van der Waals surface area contributed by atoms with E-state index in [1.165, 1.54) is 6.33 Å². The fraction of sp³-hybridized carbons (Fsp3) is 0.0769. The van der Waals surface area contributed by atoms with Crippen molar-refractivity contribution in [1.82, 2.24) is 9.97 Å². The van der Waals surface area contributed by atoms with Gasteiger partial charge in [-0.3, -0.25) is 0 Å². The number of nitrogens with zero attached hydrogens (tertiary/aromatic N) is 2. The van der Waals surface area contributed by atoms with Crippen LogP contribution in [-0.4, -0.2) is 15.1 Å². The van der Waals surface area contributed by atoms with Crippen molar-refractivity contribution in [3.63, 3.8) is 0 Å². The van der Waals surface area contributed by atoms with E-state index in [9.17, 15) is 5.11 Å². The molecule has 0 spiro atoms. The van der Waals surface area contributed by atoms with Gasteiger partial charge >= 0.3 is 0 Å². The Bertz CT molecular complexity index is 707. The molecule has 0 saturated heterocycles. The second-order valence-corrected chi connectivity index (χ2v) is 3.80. The Morgan fingerprint density at radius 1 is 1.12 bits per heavy atom. The molecule has 3 nitrogen and oxygen atoms in total. The number of benzene rings is 2. The van der Waals surface area contributed by atoms with Crippen molar-refractivity contribution in [2.24, 2.45) is 0 Å². The summed E-state index contributed by atoms with van der Waals surface area (Å²) in [5.74, 6) is 0.283. The van der Waals surface area contributed by atoms with Crippen LogP contribution in [0, 0.1) is 0 Å². The summed E-state index contributed by atoms with van der Waals surface area (Å²) in [6, 6.07) is 9.81. The Labute approximate surface area is 92.1 Å². The molecule has 1 heterocycles. The molecule has 0 aliphatic carbocycles. The second-order valence-electron chi connectivity index (χ2n) is 3.80. The summed E-state index contributed by atoms with van der Waals surface area (Å²) in [5, 5.41) is 12.5. The number of hydrogen-bond donors (Lipinski definition) is 1. The number of aliphatic hydroxyl groups is 1. The number of aromatic nitrogens is 2. The Hall–Kier alpha value is -2.16. The van der Waals surface area contributed by atoms with E-state index in [2.05, 4.69) is 9.97 Å². The van der Waals surface area contributed by atoms with Crippen LogP contribution in [0.4, 0.5) is 0 Å². The van der Waals surface area contributed by atoms with Crippen molar-refractivity contribution in [2.45, 2.75) is 6.92 Å². The van der Waals surface area contributed by atoms with E-state index < -0.39 is 0 Å². The molecule has 3 heteroatoms. The zero-order valence-corrected chi connectivity index (χ0v) is 8.81. The number of rotatable bonds is 0. The highest BCUT2D eigenvalue weighted by Gasteiger charge is 2.05. The van der Waals surface area contributed by atoms with Gasteiger partial charge in [0.1, 0.15) is 6.33 Å². The summed E-state index contributed by atoms with van der Waals surface area (Å²) in [6.07, 6.45) is 1.53. The molecular weight excluding hydrogens is 200 g/mol. The smallest absolute Gasteiger partial charge is 0.116 e. The fourth-order valence-corrected chi connectivity index (χ4v) is 2.02. The van der Waals surface area contributed by atoms with E-state index in [4.69, 9.17) is 0 Å². The van der Waals surface area contributed by atoms with Crippen LogP contribution in [0.5, 0.6) is 0 Å². The predicted molar refractivity (Wildman–Crippen MR) is 64.0 cm³/mol. The summed E-state index contributed by atoms with van der Waals surface area (Å²) in [4.78, 5) is 8.49. The van der Waals surface area contributed by atoms with E-state index in [1.807, 2.05) is 30.3 Å². The van der Waals surface area contributed by atoms with Crippen LogP contribution in [-0.2, 0) is 0 Å². The minimum atomic E-state index is 0.283. The highest BCUT2D eigenvalue weighted by molar-refractivity contribution is 6.06. The highest BCUT2D eigenvalue weighted by Crippen LogP contribution is 2.20. The van der Waals surface area contributed by atoms with E-state index in [0.717, 1.165) is 27.0 Å². The van der Waals surface area contributed by atoms with Crippen molar-refractivity contribution in [3.05, 3.63) is 41.9 Å². The molecule has 0 radical (unpaired) electrons. The van der Waals surface area contributed by atoms with E-state index in [0.29, 0.717) is 0 Å². The van der Waals surface area contributed by atoms with Crippen LogP contribution in [0.1, 0.15) is 6.92 Å². The summed E-state index contributed by atoms with van der Waals surface area (Å²) >= 11 is 0. The lowest BCUT2D eigenvalue weighted by atomic mass is 10.1. The quantitative estimate of drug-likeness (QED) is 0.618. The van der Waals surface area contributed by atoms with E-state index in [-0.39, 0.29) is 5.76 Å². The van der Waals surface area contributed by atoms with Gasteiger partial charge in [-0.15, -0.1) is 0 Å². The first-order chi connectivity index (χ1) is 7.77. The molecule has 0 aliphatic heterocycles. The first-order valence-electron chi connectivity index (χ1n) is 5.09. The topological polar surface area (TPSA) is 46.0 Å². The third kappa shape index (κ3) is 1.15. The number of aliphatic hydroxyl groups excluding tert-OH is 1. The Balaban J connectivity index is 2.72. The Morgan fingerprint density at radius 2 is 2.00 bits per heavy atom. The van der Waals surface area contributed by atoms with Crippen LogP contribution < -0.4 is 5.22 Å². The SMILES string of the molecule is CC(O)=c1ccc2cccc3ncnc1c23. The van der Waals surface area contributed by atoms with Crippen molar-refractivity contribution in [3.8, 4) is 0 Å². The minimum absolute atomic E-state index is 0.283. The molecule has 16 heavy (non-hydrogen) atoms. The molecule has 0 amide bonds. The molecule has 0 bridgehead atoms. The fourth-order valence-electron chi connectivity index (χ4n) is 2.02. The zero-order valence-electron chi connectivity index (χ0n) is 8.81.